The molecule has 2 aliphatic rings. The Hall–Kier alpha value is -0.990. The summed E-state index contributed by atoms with van der Waals surface area (Å²) < 4.78 is 0. The predicted octanol–water partition coefficient (Wildman–Crippen LogP) is 1.66. The average Bonchev–Trinajstić information content (AvgIpc) is 2.36. The first-order valence-corrected chi connectivity index (χ1v) is 3.51. The minimum Gasteiger partial charge on any atom is -0.270 e. The van der Waals surface area contributed by atoms with Crippen molar-refractivity contribution >= 4 is 5.91 Å². The SMILES string of the molecule is O=C1N=NC=C2CCCC12. The third kappa shape index (κ3) is 0.701. The lowest BCUT2D eigenvalue weighted by Crippen LogP contribution is -2.11. The molecule has 0 saturated heterocycles. The second kappa shape index (κ2) is 2.01. The normalized spacial score (nSPS) is 30.2. The Bertz CT molecular complexity index is 230. The van der Waals surface area contributed by atoms with Crippen molar-refractivity contribution < 1.29 is 4.79 Å². The van der Waals surface area contributed by atoms with Gasteiger partial charge >= 0.3 is 0 Å². The molecule has 0 radical (unpaired) electrons. The monoisotopic (exact) mass is 136 g/mol. The van der Waals surface area contributed by atoms with Gasteiger partial charge in [0.2, 0.25) is 0 Å². The van der Waals surface area contributed by atoms with Crippen LogP contribution in [-0.4, -0.2) is 5.91 Å². The molecule has 1 atom stereocenters. The fourth-order valence-electron chi connectivity index (χ4n) is 1.54. The Kier molecular flexibility index (Phi) is 1.16. The molecule has 0 bridgehead atoms. The lowest BCUT2D eigenvalue weighted by atomic mass is 10.0. The van der Waals surface area contributed by atoms with Gasteiger partial charge in [0, 0.05) is 6.20 Å². The zero-order valence-corrected chi connectivity index (χ0v) is 5.58. The summed E-state index contributed by atoms with van der Waals surface area (Å²) in [5.41, 5.74) is 1.18. The molecule has 0 spiro atoms. The van der Waals surface area contributed by atoms with Crippen molar-refractivity contribution in [2.24, 2.45) is 16.1 Å². The van der Waals surface area contributed by atoms with Gasteiger partial charge in [0.05, 0.1) is 5.92 Å². The highest BCUT2D eigenvalue weighted by Gasteiger charge is 2.29. The van der Waals surface area contributed by atoms with Crippen LogP contribution >= 0.6 is 0 Å². The molecule has 0 N–H and O–H groups in total. The minimum atomic E-state index is -0.0463. The highest BCUT2D eigenvalue weighted by Crippen LogP contribution is 2.33. The second-order valence-corrected chi connectivity index (χ2v) is 2.70. The van der Waals surface area contributed by atoms with Crippen molar-refractivity contribution in [2.45, 2.75) is 19.3 Å². The van der Waals surface area contributed by atoms with E-state index in [1.165, 1.54) is 5.57 Å². The van der Waals surface area contributed by atoms with Gasteiger partial charge in [0.25, 0.3) is 5.91 Å². The second-order valence-electron chi connectivity index (χ2n) is 2.70. The van der Waals surface area contributed by atoms with Crippen molar-refractivity contribution in [3.8, 4) is 0 Å². The van der Waals surface area contributed by atoms with E-state index in [1.54, 1.807) is 6.20 Å². The van der Waals surface area contributed by atoms with Gasteiger partial charge < -0.3 is 0 Å². The summed E-state index contributed by atoms with van der Waals surface area (Å²) in [6.45, 7) is 0. The van der Waals surface area contributed by atoms with E-state index in [9.17, 15) is 4.79 Å². The van der Waals surface area contributed by atoms with Crippen LogP contribution in [0.25, 0.3) is 0 Å². The Morgan fingerprint density at radius 2 is 2.50 bits per heavy atom. The van der Waals surface area contributed by atoms with Gasteiger partial charge in [-0.15, -0.1) is 5.11 Å². The summed E-state index contributed by atoms with van der Waals surface area (Å²) in [4.78, 5) is 11.0. The molecule has 1 saturated carbocycles. The molecule has 3 nitrogen and oxygen atoms in total. The topological polar surface area (TPSA) is 41.8 Å². The van der Waals surface area contributed by atoms with Crippen LogP contribution in [-0.2, 0) is 4.79 Å². The summed E-state index contributed by atoms with van der Waals surface area (Å²) in [6.07, 6.45) is 4.87. The minimum absolute atomic E-state index is 0.0463. The van der Waals surface area contributed by atoms with E-state index in [1.807, 2.05) is 0 Å². The zero-order chi connectivity index (χ0) is 6.97. The number of nitrogens with zero attached hydrogens (tertiary/aromatic N) is 2. The maximum absolute atomic E-state index is 11.0. The van der Waals surface area contributed by atoms with Crippen molar-refractivity contribution in [3.05, 3.63) is 11.8 Å². The summed E-state index contributed by atoms with van der Waals surface area (Å²) in [7, 11) is 0. The third-order valence-electron chi connectivity index (χ3n) is 2.08. The van der Waals surface area contributed by atoms with Crippen molar-refractivity contribution in [3.63, 3.8) is 0 Å². The van der Waals surface area contributed by atoms with E-state index in [2.05, 4.69) is 10.2 Å². The van der Waals surface area contributed by atoms with Gasteiger partial charge in [-0.25, -0.2) is 0 Å². The Labute approximate surface area is 58.8 Å². The number of rotatable bonds is 0. The Balaban J connectivity index is 2.33. The number of amides is 1. The first-order chi connectivity index (χ1) is 4.88. The van der Waals surface area contributed by atoms with Crippen molar-refractivity contribution in [2.75, 3.05) is 0 Å². The van der Waals surface area contributed by atoms with Gasteiger partial charge in [-0.3, -0.25) is 4.79 Å². The number of carbonyl (C=O) groups excluding carboxylic acids is 1. The third-order valence-corrected chi connectivity index (χ3v) is 2.08. The zero-order valence-electron chi connectivity index (χ0n) is 5.58. The molecule has 3 heteroatoms. The van der Waals surface area contributed by atoms with E-state index in [0.29, 0.717) is 0 Å². The molecule has 2 rings (SSSR count). The molecular weight excluding hydrogens is 128 g/mol. The van der Waals surface area contributed by atoms with Gasteiger partial charge in [-0.05, 0) is 24.8 Å². The lowest BCUT2D eigenvalue weighted by Gasteiger charge is -2.07. The molecule has 1 fully saturated rings. The van der Waals surface area contributed by atoms with Gasteiger partial charge in [-0.2, -0.15) is 5.11 Å². The maximum Gasteiger partial charge on any atom is 0.271 e. The number of fused-ring (bicyclic) bond motifs is 1. The Morgan fingerprint density at radius 1 is 1.60 bits per heavy atom. The maximum atomic E-state index is 11.0. The van der Waals surface area contributed by atoms with Gasteiger partial charge in [0.15, 0.2) is 0 Å². The lowest BCUT2D eigenvalue weighted by molar-refractivity contribution is -0.121. The Morgan fingerprint density at radius 3 is 3.30 bits per heavy atom. The first kappa shape index (κ1) is 5.77. The van der Waals surface area contributed by atoms with Crippen molar-refractivity contribution in [1.82, 2.24) is 0 Å². The molecule has 0 aromatic carbocycles. The molecule has 10 heavy (non-hydrogen) atoms. The summed E-state index contributed by atoms with van der Waals surface area (Å²) in [5, 5.41) is 7.10. The van der Waals surface area contributed by atoms with Crippen LogP contribution < -0.4 is 0 Å². The molecule has 1 unspecified atom stereocenters. The number of hydrogen-bond donors (Lipinski definition) is 0. The summed E-state index contributed by atoms with van der Waals surface area (Å²) in [6, 6.07) is 0. The fourth-order valence-corrected chi connectivity index (χ4v) is 1.54. The average molecular weight is 136 g/mol. The molecule has 1 heterocycles. The van der Waals surface area contributed by atoms with E-state index < -0.39 is 0 Å². The smallest absolute Gasteiger partial charge is 0.270 e. The molecule has 0 aromatic heterocycles. The highest BCUT2D eigenvalue weighted by atomic mass is 16.2. The number of hydrogen-bond acceptors (Lipinski definition) is 2. The highest BCUT2D eigenvalue weighted by molar-refractivity contribution is 5.83. The fraction of sp³-hybridized carbons (Fsp3) is 0.571. The largest absolute Gasteiger partial charge is 0.271 e. The summed E-state index contributed by atoms with van der Waals surface area (Å²) >= 11 is 0. The van der Waals surface area contributed by atoms with E-state index in [0.717, 1.165) is 19.3 Å². The van der Waals surface area contributed by atoms with Crippen LogP contribution in [0.5, 0.6) is 0 Å². The van der Waals surface area contributed by atoms with E-state index in [-0.39, 0.29) is 11.8 Å². The summed E-state index contributed by atoms with van der Waals surface area (Å²) in [5.74, 6) is 0.0486. The molecule has 52 valence electrons. The van der Waals surface area contributed by atoms with Crippen molar-refractivity contribution in [1.29, 1.82) is 0 Å². The van der Waals surface area contributed by atoms with E-state index in [4.69, 9.17) is 0 Å². The van der Waals surface area contributed by atoms with Crippen LogP contribution in [0.15, 0.2) is 22.0 Å². The van der Waals surface area contributed by atoms with E-state index >= 15 is 0 Å². The molecule has 1 amide bonds. The number of azo groups is 1. The van der Waals surface area contributed by atoms with Crippen LogP contribution in [0, 0.1) is 5.92 Å². The quantitative estimate of drug-likeness (QED) is 0.499. The van der Waals surface area contributed by atoms with Crippen LogP contribution in [0.4, 0.5) is 0 Å². The number of carbonyl (C=O) groups is 1. The first-order valence-electron chi connectivity index (χ1n) is 3.51. The molecule has 1 aliphatic heterocycles. The van der Waals surface area contributed by atoms with Gasteiger partial charge in [0.1, 0.15) is 0 Å². The standard InChI is InChI=1S/C7H8N2O/c10-7-6-3-1-2-5(6)4-8-9-7/h4,6H,1-3H2. The molecular formula is C7H8N2O. The molecule has 1 aliphatic carbocycles. The van der Waals surface area contributed by atoms with Crippen LogP contribution in [0.3, 0.4) is 0 Å². The predicted molar refractivity (Wildman–Crippen MR) is 35.3 cm³/mol. The van der Waals surface area contributed by atoms with Crippen LogP contribution in [0.1, 0.15) is 19.3 Å². The molecule has 0 aromatic rings. The van der Waals surface area contributed by atoms with Crippen LogP contribution in [0.2, 0.25) is 0 Å². The van der Waals surface area contributed by atoms with Gasteiger partial charge in [-0.1, -0.05) is 0 Å².